The molecular weight excluding hydrogens is 343 g/mol. The van der Waals surface area contributed by atoms with Crippen LogP contribution in [-0.2, 0) is 4.74 Å². The molecule has 0 amide bonds. The Labute approximate surface area is 141 Å². The Hall–Kier alpha value is -2.74. The first kappa shape index (κ1) is 16.1. The molecule has 126 valence electrons. The number of fused-ring (bicyclic) bond motifs is 1. The molecule has 3 rings (SSSR count). The largest absolute Gasteiger partial charge is 0.493 e. The van der Waals surface area contributed by atoms with Gasteiger partial charge >= 0.3 is 5.97 Å². The molecule has 0 atom stereocenters. The van der Waals surface area contributed by atoms with Gasteiger partial charge in [-0.2, -0.15) is 0 Å². The smallest absolute Gasteiger partial charge is 0.358 e. The second-order valence-electron chi connectivity index (χ2n) is 4.75. The zero-order valence-electron chi connectivity index (χ0n) is 12.7. The van der Waals surface area contributed by atoms with E-state index in [0.29, 0.717) is 17.2 Å². The number of nitrogens with two attached hydrogens (primary N) is 1. The number of carbonyl (C=O) groups excluding carboxylic acids is 1. The van der Waals surface area contributed by atoms with Crippen molar-refractivity contribution in [3.63, 3.8) is 0 Å². The van der Waals surface area contributed by atoms with E-state index in [-0.39, 0.29) is 28.8 Å². The van der Waals surface area contributed by atoms with Crippen molar-refractivity contribution in [2.45, 2.75) is 0 Å². The van der Waals surface area contributed by atoms with E-state index in [2.05, 4.69) is 9.72 Å². The second-order valence-corrected chi connectivity index (χ2v) is 5.13. The summed E-state index contributed by atoms with van der Waals surface area (Å²) >= 11 is 5.89. The summed E-state index contributed by atoms with van der Waals surface area (Å²) in [6.45, 7) is 0.0151. The third-order valence-electron chi connectivity index (χ3n) is 3.42. The molecule has 0 saturated carbocycles. The fraction of sp³-hybridized carbons (Fsp3) is 0.200. The number of halogens is 2. The van der Waals surface area contributed by atoms with Gasteiger partial charge in [0.1, 0.15) is 5.69 Å². The number of methoxy groups -OCH3 is 2. The molecule has 0 radical (unpaired) electrons. The van der Waals surface area contributed by atoms with Crippen molar-refractivity contribution in [1.82, 2.24) is 4.98 Å². The lowest BCUT2D eigenvalue weighted by Gasteiger charge is -2.12. The maximum Gasteiger partial charge on any atom is 0.358 e. The average molecular weight is 355 g/mol. The van der Waals surface area contributed by atoms with Gasteiger partial charge in [0, 0.05) is 5.56 Å². The molecule has 9 heteroatoms. The number of pyridine rings is 1. The topological polar surface area (TPSA) is 92.9 Å². The van der Waals surface area contributed by atoms with Crippen LogP contribution >= 0.6 is 11.6 Å². The molecule has 1 aromatic heterocycles. The maximum absolute atomic E-state index is 14.5. The molecular formula is C15H12ClFN2O5. The number of nitrogens with zero attached hydrogens (tertiary/aromatic N) is 1. The number of benzene rings is 1. The van der Waals surface area contributed by atoms with Crippen molar-refractivity contribution in [2.24, 2.45) is 0 Å². The first-order valence-corrected chi connectivity index (χ1v) is 7.06. The minimum absolute atomic E-state index is 0.0151. The number of ether oxygens (including phenoxy) is 4. The van der Waals surface area contributed by atoms with Crippen LogP contribution in [0.4, 0.5) is 10.1 Å². The first-order chi connectivity index (χ1) is 11.5. The summed E-state index contributed by atoms with van der Waals surface area (Å²) in [5.74, 6) is -0.612. The van der Waals surface area contributed by atoms with Crippen molar-refractivity contribution in [1.29, 1.82) is 0 Å². The van der Waals surface area contributed by atoms with Crippen LogP contribution in [0, 0.1) is 5.82 Å². The van der Waals surface area contributed by atoms with Crippen molar-refractivity contribution in [3.8, 4) is 28.5 Å². The zero-order valence-corrected chi connectivity index (χ0v) is 13.4. The van der Waals surface area contributed by atoms with Gasteiger partial charge in [-0.1, -0.05) is 11.6 Å². The van der Waals surface area contributed by atoms with E-state index in [1.54, 1.807) is 0 Å². The Bertz CT molecular complexity index is 843. The fourth-order valence-electron chi connectivity index (χ4n) is 2.25. The Morgan fingerprint density at radius 2 is 2.12 bits per heavy atom. The van der Waals surface area contributed by atoms with Crippen LogP contribution in [0.15, 0.2) is 12.1 Å². The van der Waals surface area contributed by atoms with Crippen LogP contribution < -0.4 is 19.9 Å². The highest BCUT2D eigenvalue weighted by Crippen LogP contribution is 2.45. The van der Waals surface area contributed by atoms with Crippen molar-refractivity contribution in [3.05, 3.63) is 28.7 Å². The minimum Gasteiger partial charge on any atom is -0.493 e. The number of hydrogen-bond donors (Lipinski definition) is 1. The summed E-state index contributed by atoms with van der Waals surface area (Å²) < 4.78 is 34.9. The van der Waals surface area contributed by atoms with Crippen LogP contribution in [0.25, 0.3) is 11.3 Å². The van der Waals surface area contributed by atoms with Crippen molar-refractivity contribution >= 4 is 23.3 Å². The Balaban J connectivity index is 2.23. The number of esters is 1. The van der Waals surface area contributed by atoms with Gasteiger partial charge in [-0.05, 0) is 12.1 Å². The molecule has 0 spiro atoms. The number of anilines is 1. The molecule has 0 unspecified atom stereocenters. The molecule has 2 heterocycles. The predicted octanol–water partition coefficient (Wildman–Crippen LogP) is 2.65. The molecule has 0 fully saturated rings. The van der Waals surface area contributed by atoms with Crippen LogP contribution in [-0.4, -0.2) is 32.0 Å². The zero-order chi connectivity index (χ0) is 17.4. The van der Waals surface area contributed by atoms with E-state index in [0.717, 1.165) is 7.11 Å². The Morgan fingerprint density at radius 3 is 2.79 bits per heavy atom. The monoisotopic (exact) mass is 354 g/mol. The lowest BCUT2D eigenvalue weighted by atomic mass is 10.1. The summed E-state index contributed by atoms with van der Waals surface area (Å²) in [6, 6.07) is 3.00. The van der Waals surface area contributed by atoms with Gasteiger partial charge in [-0.15, -0.1) is 0 Å². The number of aromatic nitrogens is 1. The van der Waals surface area contributed by atoms with Crippen LogP contribution in [0.3, 0.4) is 0 Å². The van der Waals surface area contributed by atoms with E-state index in [4.69, 9.17) is 31.5 Å². The van der Waals surface area contributed by atoms with Gasteiger partial charge in [0.25, 0.3) is 0 Å². The summed E-state index contributed by atoms with van der Waals surface area (Å²) in [5.41, 5.74) is 5.06. The number of carbonyl (C=O) groups is 1. The van der Waals surface area contributed by atoms with E-state index in [1.807, 2.05) is 0 Å². The van der Waals surface area contributed by atoms with Crippen molar-refractivity contribution in [2.75, 3.05) is 26.7 Å². The number of nitrogen functional groups attached to an aromatic ring is 1. The van der Waals surface area contributed by atoms with E-state index < -0.39 is 17.5 Å². The molecule has 1 aromatic carbocycles. The summed E-state index contributed by atoms with van der Waals surface area (Å²) in [4.78, 5) is 15.7. The van der Waals surface area contributed by atoms with E-state index in [1.165, 1.54) is 19.2 Å². The quantitative estimate of drug-likeness (QED) is 0.847. The average Bonchev–Trinajstić information content (AvgIpc) is 3.07. The van der Waals surface area contributed by atoms with Crippen LogP contribution in [0.5, 0.6) is 17.2 Å². The predicted molar refractivity (Wildman–Crippen MR) is 83.1 cm³/mol. The molecule has 7 nitrogen and oxygen atoms in total. The van der Waals surface area contributed by atoms with Gasteiger partial charge in [0.05, 0.1) is 24.9 Å². The van der Waals surface area contributed by atoms with Gasteiger partial charge < -0.3 is 24.7 Å². The Kier molecular flexibility index (Phi) is 4.06. The van der Waals surface area contributed by atoms with E-state index in [9.17, 15) is 9.18 Å². The lowest BCUT2D eigenvalue weighted by molar-refractivity contribution is 0.0594. The number of rotatable bonds is 3. The molecule has 0 aliphatic carbocycles. The first-order valence-electron chi connectivity index (χ1n) is 6.68. The van der Waals surface area contributed by atoms with Crippen molar-refractivity contribution < 1.29 is 28.1 Å². The molecule has 1 aliphatic rings. The van der Waals surface area contributed by atoms with Gasteiger partial charge in [-0.25, -0.2) is 14.2 Å². The maximum atomic E-state index is 14.5. The third-order valence-corrected chi connectivity index (χ3v) is 3.81. The third kappa shape index (κ3) is 2.44. The van der Waals surface area contributed by atoms with Gasteiger partial charge in [-0.3, -0.25) is 0 Å². The van der Waals surface area contributed by atoms with Crippen LogP contribution in [0.2, 0.25) is 5.02 Å². The normalized spacial score (nSPS) is 12.2. The molecule has 0 bridgehead atoms. The summed E-state index contributed by atoms with van der Waals surface area (Å²) in [6.07, 6.45) is 0. The molecule has 0 saturated heterocycles. The summed E-state index contributed by atoms with van der Waals surface area (Å²) in [5, 5.41) is -0.309. The Morgan fingerprint density at radius 1 is 1.38 bits per heavy atom. The van der Waals surface area contributed by atoms with Gasteiger partial charge in [0.2, 0.25) is 12.5 Å². The molecule has 2 N–H and O–H groups in total. The lowest BCUT2D eigenvalue weighted by Crippen LogP contribution is -2.10. The van der Waals surface area contributed by atoms with E-state index >= 15 is 0 Å². The number of hydrogen-bond acceptors (Lipinski definition) is 7. The minimum atomic E-state index is -0.867. The highest BCUT2D eigenvalue weighted by atomic mass is 35.5. The van der Waals surface area contributed by atoms with Crippen LogP contribution in [0.1, 0.15) is 10.5 Å². The van der Waals surface area contributed by atoms with Gasteiger partial charge in [0.15, 0.2) is 23.0 Å². The second kappa shape index (κ2) is 6.04. The molecule has 2 aromatic rings. The standard InChI is InChI=1S/C15H12ClFN2O5/c1-21-7-3-6(4-8-14(7)24-5-23-8)12-10(17)11(18)9(16)13(19-12)15(20)22-2/h3-4H,5H2,1-2H3,(H2,18,19). The summed E-state index contributed by atoms with van der Waals surface area (Å²) in [7, 11) is 2.59. The molecule has 24 heavy (non-hydrogen) atoms. The highest BCUT2D eigenvalue weighted by molar-refractivity contribution is 6.35. The molecule has 1 aliphatic heterocycles. The highest BCUT2D eigenvalue weighted by Gasteiger charge is 2.26. The SMILES string of the molecule is COC(=O)c1nc(-c2cc(OC)c3c(c2)OCO3)c(F)c(N)c1Cl. The fourth-order valence-corrected chi connectivity index (χ4v) is 2.45.